The Morgan fingerprint density at radius 1 is 1.14 bits per heavy atom. The molecular weight excluding hydrogens is 466 g/mol. The monoisotopic (exact) mass is 501 g/mol. The van der Waals surface area contributed by atoms with Crippen LogP contribution in [0.25, 0.3) is 11.3 Å². The van der Waals surface area contributed by atoms with Gasteiger partial charge in [-0.3, -0.25) is 9.48 Å². The second-order valence-electron chi connectivity index (χ2n) is 11.1. The molecule has 1 aliphatic rings. The zero-order valence-corrected chi connectivity index (χ0v) is 22.2. The van der Waals surface area contributed by atoms with Gasteiger partial charge in [0.25, 0.3) is 5.91 Å². The predicted octanol–water partition coefficient (Wildman–Crippen LogP) is 5.31. The predicted molar refractivity (Wildman–Crippen MR) is 143 cm³/mol. The van der Waals surface area contributed by atoms with Crippen LogP contribution >= 0.6 is 0 Å². The highest BCUT2D eigenvalue weighted by atomic mass is 16.5. The van der Waals surface area contributed by atoms with E-state index in [1.165, 1.54) is 0 Å². The molecule has 2 amide bonds. The first-order chi connectivity index (χ1) is 17.4. The molecule has 0 fully saturated rings. The zero-order chi connectivity index (χ0) is 26.8. The zero-order valence-electron chi connectivity index (χ0n) is 22.2. The quantitative estimate of drug-likeness (QED) is 0.423. The number of rotatable bonds is 8. The number of amides is 2. The van der Waals surface area contributed by atoms with E-state index < -0.39 is 11.6 Å². The van der Waals surface area contributed by atoms with Gasteiger partial charge < -0.3 is 15.0 Å². The van der Waals surface area contributed by atoms with Gasteiger partial charge >= 0.3 is 6.09 Å². The van der Waals surface area contributed by atoms with Crippen LogP contribution in [0, 0.1) is 0 Å². The number of carbonyl (C=O) groups is 2. The first kappa shape index (κ1) is 26.1. The van der Waals surface area contributed by atoms with E-state index in [0.717, 1.165) is 28.1 Å². The molecule has 1 N–H and O–H groups in total. The number of hydrogen-bond donors (Lipinski definition) is 1. The number of aromatic nitrogens is 3. The van der Waals surface area contributed by atoms with Gasteiger partial charge in [-0.25, -0.2) is 9.78 Å². The number of carbonyl (C=O) groups excluding carboxylic acids is 2. The Morgan fingerprint density at radius 3 is 2.51 bits per heavy atom. The lowest BCUT2D eigenvalue weighted by molar-refractivity contribution is 0.0707. The smallest absolute Gasteiger partial charge is 0.407 e. The fourth-order valence-electron chi connectivity index (χ4n) is 4.58. The summed E-state index contributed by atoms with van der Waals surface area (Å²) < 4.78 is 7.35. The van der Waals surface area contributed by atoms with Gasteiger partial charge in [-0.05, 0) is 58.7 Å². The van der Waals surface area contributed by atoms with Crippen LogP contribution in [0.4, 0.5) is 4.79 Å². The summed E-state index contributed by atoms with van der Waals surface area (Å²) in [5.41, 5.74) is 3.88. The molecule has 0 saturated carbocycles. The normalized spacial score (nSPS) is 14.7. The largest absolute Gasteiger partial charge is 0.445 e. The molecular formula is C29H35N5O3. The van der Waals surface area contributed by atoms with Crippen LogP contribution < -0.4 is 5.32 Å². The minimum absolute atomic E-state index is 0.105. The lowest BCUT2D eigenvalue weighted by Crippen LogP contribution is -2.54. The first-order valence-corrected chi connectivity index (χ1v) is 12.4. The molecule has 3 heterocycles. The van der Waals surface area contributed by atoms with Crippen LogP contribution in [0.5, 0.6) is 0 Å². The Balaban J connectivity index is 1.46. The summed E-state index contributed by atoms with van der Waals surface area (Å²) in [7, 11) is 0. The molecule has 194 valence electrons. The van der Waals surface area contributed by atoms with Crippen molar-refractivity contribution in [2.45, 2.75) is 65.3 Å². The van der Waals surface area contributed by atoms with Gasteiger partial charge in [-0.2, -0.15) is 5.10 Å². The van der Waals surface area contributed by atoms with Gasteiger partial charge in [0.05, 0.1) is 40.8 Å². The average Bonchev–Trinajstić information content (AvgIpc) is 3.43. The number of ether oxygens (including phenoxy) is 1. The molecule has 0 saturated heterocycles. The molecule has 8 nitrogen and oxygen atoms in total. The summed E-state index contributed by atoms with van der Waals surface area (Å²) in [6.07, 6.45) is 3.73. The lowest BCUT2D eigenvalue weighted by Gasteiger charge is -2.34. The third-order valence-corrected chi connectivity index (χ3v) is 6.25. The highest BCUT2D eigenvalue weighted by Crippen LogP contribution is 2.28. The van der Waals surface area contributed by atoms with Crippen LogP contribution in [-0.4, -0.2) is 43.7 Å². The van der Waals surface area contributed by atoms with E-state index in [4.69, 9.17) is 9.72 Å². The number of alkyl carbamates (subject to hydrolysis) is 1. The van der Waals surface area contributed by atoms with Crippen LogP contribution in [0.15, 0.2) is 67.0 Å². The molecule has 3 aromatic rings. The van der Waals surface area contributed by atoms with Gasteiger partial charge in [0, 0.05) is 18.3 Å². The number of benzene rings is 1. The number of pyridine rings is 1. The van der Waals surface area contributed by atoms with Crippen molar-refractivity contribution in [3.63, 3.8) is 0 Å². The summed E-state index contributed by atoms with van der Waals surface area (Å²) in [6.45, 7) is 14.9. The summed E-state index contributed by atoms with van der Waals surface area (Å²) in [6, 6.07) is 13.2. The Kier molecular flexibility index (Phi) is 7.21. The van der Waals surface area contributed by atoms with Crippen molar-refractivity contribution in [1.82, 2.24) is 25.0 Å². The third kappa shape index (κ3) is 6.25. The van der Waals surface area contributed by atoms with Gasteiger partial charge in [0.15, 0.2) is 0 Å². The fraction of sp³-hybridized carbons (Fsp3) is 0.379. The molecule has 0 aliphatic carbocycles. The Hall–Kier alpha value is -3.94. The van der Waals surface area contributed by atoms with Crippen molar-refractivity contribution in [3.8, 4) is 11.3 Å². The van der Waals surface area contributed by atoms with E-state index in [2.05, 4.69) is 37.8 Å². The minimum atomic E-state index is -0.756. The second-order valence-corrected chi connectivity index (χ2v) is 11.1. The van der Waals surface area contributed by atoms with Crippen molar-refractivity contribution >= 4 is 12.0 Å². The van der Waals surface area contributed by atoms with Gasteiger partial charge in [-0.1, -0.05) is 35.9 Å². The van der Waals surface area contributed by atoms with E-state index in [-0.39, 0.29) is 18.1 Å². The molecule has 0 bridgehead atoms. The van der Waals surface area contributed by atoms with Crippen molar-refractivity contribution in [2.24, 2.45) is 0 Å². The molecule has 0 radical (unpaired) electrons. The van der Waals surface area contributed by atoms with Crippen LogP contribution in [0.2, 0.25) is 0 Å². The summed E-state index contributed by atoms with van der Waals surface area (Å²) in [5.74, 6) is -0.105. The number of nitrogens with zero attached hydrogens (tertiary/aromatic N) is 4. The van der Waals surface area contributed by atoms with E-state index in [1.54, 1.807) is 11.1 Å². The molecule has 2 aromatic heterocycles. The Morgan fingerprint density at radius 2 is 1.86 bits per heavy atom. The molecule has 37 heavy (non-hydrogen) atoms. The first-order valence-electron chi connectivity index (χ1n) is 12.4. The van der Waals surface area contributed by atoms with Gasteiger partial charge in [-0.15, -0.1) is 6.58 Å². The van der Waals surface area contributed by atoms with Crippen LogP contribution in [0.3, 0.4) is 0 Å². The van der Waals surface area contributed by atoms with Crippen molar-refractivity contribution < 1.29 is 14.3 Å². The molecule has 8 heteroatoms. The summed E-state index contributed by atoms with van der Waals surface area (Å²) in [4.78, 5) is 32.4. The van der Waals surface area contributed by atoms with Crippen LogP contribution in [-0.2, 0) is 23.4 Å². The van der Waals surface area contributed by atoms with Crippen molar-refractivity contribution in [3.05, 3.63) is 83.8 Å². The van der Waals surface area contributed by atoms with Gasteiger partial charge in [0.1, 0.15) is 6.61 Å². The SMILES string of the molecule is C=C(C)C[C@](C)(CN1Cc2nc(-c3cnn(C(C)(C)C)c3)ccc2C1=O)NC(=O)OCc1ccccc1. The Bertz CT molecular complexity index is 1310. The highest BCUT2D eigenvalue weighted by Gasteiger charge is 2.36. The minimum Gasteiger partial charge on any atom is -0.445 e. The Labute approximate surface area is 218 Å². The topological polar surface area (TPSA) is 89.4 Å². The molecule has 1 atom stereocenters. The van der Waals surface area contributed by atoms with Crippen molar-refractivity contribution in [2.75, 3.05) is 6.54 Å². The van der Waals surface area contributed by atoms with E-state index >= 15 is 0 Å². The lowest BCUT2D eigenvalue weighted by atomic mass is 9.93. The number of fused-ring (bicyclic) bond motifs is 1. The number of nitrogens with one attached hydrogen (secondary N) is 1. The van der Waals surface area contributed by atoms with E-state index in [1.807, 2.05) is 67.2 Å². The highest BCUT2D eigenvalue weighted by molar-refractivity contribution is 5.98. The van der Waals surface area contributed by atoms with Crippen LogP contribution in [0.1, 0.15) is 62.7 Å². The second kappa shape index (κ2) is 10.2. The van der Waals surface area contributed by atoms with Crippen molar-refractivity contribution in [1.29, 1.82) is 0 Å². The maximum Gasteiger partial charge on any atom is 0.407 e. The number of hydrogen-bond acceptors (Lipinski definition) is 5. The maximum atomic E-state index is 13.2. The molecule has 0 unspecified atom stereocenters. The fourth-order valence-corrected chi connectivity index (χ4v) is 4.58. The molecule has 0 spiro atoms. The molecule has 1 aromatic carbocycles. The average molecular weight is 502 g/mol. The van der Waals surface area contributed by atoms with E-state index in [0.29, 0.717) is 25.1 Å². The molecule has 1 aliphatic heterocycles. The van der Waals surface area contributed by atoms with E-state index in [9.17, 15) is 9.59 Å². The summed E-state index contributed by atoms with van der Waals surface area (Å²) >= 11 is 0. The maximum absolute atomic E-state index is 13.2. The third-order valence-electron chi connectivity index (χ3n) is 6.25. The summed E-state index contributed by atoms with van der Waals surface area (Å²) in [5, 5.41) is 7.44. The standard InChI is InChI=1S/C29H35N5O3/c1-20(2)14-29(6,32-27(36)37-18-21-10-8-7-9-11-21)19-33-17-25-23(26(33)35)12-13-24(31-25)22-15-30-34(16-22)28(3,4)5/h7-13,15-16H,1,14,17-19H2,2-6H3,(H,32,36)/t29-/m1/s1. The van der Waals surface area contributed by atoms with Gasteiger partial charge in [0.2, 0.25) is 0 Å². The molecule has 4 rings (SSSR count).